The van der Waals surface area contributed by atoms with Crippen LogP contribution in [0.3, 0.4) is 0 Å². The van der Waals surface area contributed by atoms with Crippen LogP contribution in [0.4, 0.5) is 0 Å². The van der Waals surface area contributed by atoms with Crippen LogP contribution in [0.25, 0.3) is 6.08 Å². The zero-order valence-corrected chi connectivity index (χ0v) is 17.3. The summed E-state index contributed by atoms with van der Waals surface area (Å²) in [6.45, 7) is 1.76. The molecule has 0 radical (unpaired) electrons. The minimum Gasteiger partial charge on any atom is -0.466 e. The molecule has 0 aliphatic carbocycles. The smallest absolute Gasteiger partial charge is 0.338 e. The van der Waals surface area contributed by atoms with E-state index in [0.717, 1.165) is 11.1 Å². The summed E-state index contributed by atoms with van der Waals surface area (Å²) in [5, 5.41) is 0.560. The first-order chi connectivity index (χ1) is 14.0. The minimum absolute atomic E-state index is 0.226. The summed E-state index contributed by atoms with van der Waals surface area (Å²) < 4.78 is 7.05. The minimum atomic E-state index is -0.603. The van der Waals surface area contributed by atoms with E-state index < -0.39 is 12.0 Å². The second-order valence-corrected chi connectivity index (χ2v) is 7.92. The van der Waals surface area contributed by atoms with Gasteiger partial charge in [-0.25, -0.2) is 9.79 Å². The number of hydrogen-bond acceptors (Lipinski definition) is 5. The van der Waals surface area contributed by atoms with Gasteiger partial charge in [-0.1, -0.05) is 71.5 Å². The molecular weight excluding hydrogens is 408 g/mol. The van der Waals surface area contributed by atoms with Crippen molar-refractivity contribution in [2.75, 3.05) is 7.11 Å². The Hall–Kier alpha value is -2.96. The molecule has 0 spiro atoms. The zero-order chi connectivity index (χ0) is 20.5. The summed E-state index contributed by atoms with van der Waals surface area (Å²) in [5.41, 5.74) is 2.23. The molecule has 4 rings (SSSR count). The van der Waals surface area contributed by atoms with E-state index in [9.17, 15) is 9.59 Å². The maximum atomic E-state index is 13.3. The van der Waals surface area contributed by atoms with Gasteiger partial charge in [0.1, 0.15) is 0 Å². The predicted octanol–water partition coefficient (Wildman–Crippen LogP) is 3.06. The Labute approximate surface area is 175 Å². The molecule has 29 heavy (non-hydrogen) atoms. The molecule has 146 valence electrons. The van der Waals surface area contributed by atoms with Crippen molar-refractivity contribution in [3.05, 3.63) is 102 Å². The van der Waals surface area contributed by atoms with Crippen LogP contribution in [0.5, 0.6) is 0 Å². The predicted molar refractivity (Wildman–Crippen MR) is 114 cm³/mol. The number of carbonyl (C=O) groups is 1. The molecule has 2 aromatic carbocycles. The van der Waals surface area contributed by atoms with Crippen LogP contribution < -0.4 is 14.9 Å². The number of rotatable bonds is 3. The molecule has 0 amide bonds. The van der Waals surface area contributed by atoms with E-state index in [1.165, 1.54) is 18.4 Å². The van der Waals surface area contributed by atoms with Crippen LogP contribution in [0.15, 0.2) is 75.7 Å². The average Bonchev–Trinajstić information content (AvgIpc) is 3.03. The van der Waals surface area contributed by atoms with Gasteiger partial charge in [0.05, 0.1) is 29.0 Å². The maximum absolute atomic E-state index is 13.3. The average molecular weight is 425 g/mol. The van der Waals surface area contributed by atoms with Gasteiger partial charge < -0.3 is 4.74 Å². The third-order valence-electron chi connectivity index (χ3n) is 4.73. The number of thiazole rings is 1. The normalized spacial score (nSPS) is 16.4. The quantitative estimate of drug-likeness (QED) is 0.607. The van der Waals surface area contributed by atoms with Gasteiger partial charge in [0.15, 0.2) is 4.80 Å². The summed E-state index contributed by atoms with van der Waals surface area (Å²) in [5.74, 6) is -0.500. The van der Waals surface area contributed by atoms with Crippen molar-refractivity contribution in [2.45, 2.75) is 13.0 Å². The van der Waals surface area contributed by atoms with Crippen molar-refractivity contribution in [1.82, 2.24) is 4.57 Å². The van der Waals surface area contributed by atoms with Gasteiger partial charge in [-0.2, -0.15) is 0 Å². The third-order valence-corrected chi connectivity index (χ3v) is 6.06. The van der Waals surface area contributed by atoms with Gasteiger partial charge >= 0.3 is 5.97 Å². The Morgan fingerprint density at radius 2 is 1.86 bits per heavy atom. The van der Waals surface area contributed by atoms with Crippen LogP contribution >= 0.6 is 22.9 Å². The summed E-state index contributed by atoms with van der Waals surface area (Å²) in [6, 6.07) is 16.1. The first-order valence-corrected chi connectivity index (χ1v) is 10.1. The first-order valence-electron chi connectivity index (χ1n) is 8.91. The molecule has 7 heteroatoms. The molecule has 5 nitrogen and oxygen atoms in total. The number of ether oxygens (including phenoxy) is 1. The highest BCUT2D eigenvalue weighted by Crippen LogP contribution is 2.30. The zero-order valence-electron chi connectivity index (χ0n) is 15.8. The van der Waals surface area contributed by atoms with Gasteiger partial charge in [0.25, 0.3) is 5.56 Å². The van der Waals surface area contributed by atoms with Crippen LogP contribution in [0.2, 0.25) is 5.02 Å². The van der Waals surface area contributed by atoms with Crippen molar-refractivity contribution < 1.29 is 9.53 Å². The topological polar surface area (TPSA) is 60.7 Å². The Morgan fingerprint density at radius 1 is 1.17 bits per heavy atom. The highest BCUT2D eigenvalue weighted by Gasteiger charge is 2.32. The van der Waals surface area contributed by atoms with Crippen molar-refractivity contribution in [3.63, 3.8) is 0 Å². The number of halogens is 1. The van der Waals surface area contributed by atoms with E-state index in [-0.39, 0.29) is 5.56 Å². The van der Waals surface area contributed by atoms with E-state index in [2.05, 4.69) is 4.99 Å². The van der Waals surface area contributed by atoms with Crippen LogP contribution in [0.1, 0.15) is 24.1 Å². The SMILES string of the molecule is COC(=O)C1=C(C)N=c2s/c(=C\c3ccccc3Cl)c(=O)n2[C@H]1c1ccccc1. The number of benzene rings is 2. The van der Waals surface area contributed by atoms with Gasteiger partial charge in [0, 0.05) is 5.02 Å². The van der Waals surface area contributed by atoms with E-state index in [1.54, 1.807) is 23.6 Å². The van der Waals surface area contributed by atoms with Crippen LogP contribution in [-0.2, 0) is 9.53 Å². The molecule has 0 saturated heterocycles. The van der Waals surface area contributed by atoms with Crippen molar-refractivity contribution in [2.24, 2.45) is 4.99 Å². The number of methoxy groups -OCH3 is 1. The molecule has 0 bridgehead atoms. The third kappa shape index (κ3) is 3.45. The Balaban J connectivity index is 2.00. The molecule has 0 saturated carbocycles. The fraction of sp³-hybridized carbons (Fsp3) is 0.136. The van der Waals surface area contributed by atoms with Gasteiger partial charge in [0.2, 0.25) is 0 Å². The standard InChI is InChI=1S/C22H17ClN2O3S/c1-13-18(21(27)28-2)19(14-8-4-3-5-9-14)25-20(26)17(29-22(25)24-13)12-15-10-6-7-11-16(15)23/h3-12,19H,1-2H3/b17-12-/t19-/m0/s1. The number of nitrogens with zero attached hydrogens (tertiary/aromatic N) is 2. The highest BCUT2D eigenvalue weighted by atomic mass is 35.5. The van der Waals surface area contributed by atoms with Crippen LogP contribution in [-0.4, -0.2) is 17.6 Å². The fourth-order valence-corrected chi connectivity index (χ4v) is 4.60. The first kappa shape index (κ1) is 19.4. The van der Waals surface area contributed by atoms with Crippen molar-refractivity contribution >= 4 is 35.0 Å². The lowest BCUT2D eigenvalue weighted by Gasteiger charge is -2.24. The monoisotopic (exact) mass is 424 g/mol. The Morgan fingerprint density at radius 3 is 2.55 bits per heavy atom. The molecule has 2 heterocycles. The second-order valence-electron chi connectivity index (χ2n) is 6.51. The number of fused-ring (bicyclic) bond motifs is 1. The van der Waals surface area contributed by atoms with E-state index in [0.29, 0.717) is 25.6 Å². The van der Waals surface area contributed by atoms with E-state index in [1.807, 2.05) is 48.5 Å². The second kappa shape index (κ2) is 7.81. The van der Waals surface area contributed by atoms with E-state index in [4.69, 9.17) is 16.3 Å². The van der Waals surface area contributed by atoms with E-state index >= 15 is 0 Å². The summed E-state index contributed by atoms with van der Waals surface area (Å²) in [4.78, 5) is 30.9. The Kier molecular flexibility index (Phi) is 5.22. The number of aromatic nitrogens is 1. The van der Waals surface area contributed by atoms with Gasteiger partial charge in [-0.15, -0.1) is 0 Å². The Bertz CT molecular complexity index is 1310. The summed E-state index contributed by atoms with van der Waals surface area (Å²) >= 11 is 7.53. The van der Waals surface area contributed by atoms with Crippen LogP contribution in [0, 0.1) is 0 Å². The summed E-state index contributed by atoms with van der Waals surface area (Å²) in [6.07, 6.45) is 1.76. The molecule has 1 aliphatic heterocycles. The number of hydrogen-bond donors (Lipinski definition) is 0. The number of allylic oxidation sites excluding steroid dienone is 1. The lowest BCUT2D eigenvalue weighted by Crippen LogP contribution is -2.39. The molecule has 3 aromatic rings. The number of carbonyl (C=O) groups excluding carboxylic acids is 1. The summed E-state index contributed by atoms with van der Waals surface area (Å²) in [7, 11) is 1.33. The van der Waals surface area contributed by atoms with Crippen molar-refractivity contribution in [1.29, 1.82) is 0 Å². The molecule has 1 aliphatic rings. The molecule has 0 fully saturated rings. The van der Waals surface area contributed by atoms with Gasteiger partial charge in [-0.05, 0) is 30.2 Å². The maximum Gasteiger partial charge on any atom is 0.338 e. The highest BCUT2D eigenvalue weighted by molar-refractivity contribution is 7.07. The number of esters is 1. The molecule has 0 N–H and O–H groups in total. The van der Waals surface area contributed by atoms with Crippen molar-refractivity contribution in [3.8, 4) is 0 Å². The van der Waals surface area contributed by atoms with Gasteiger partial charge in [-0.3, -0.25) is 9.36 Å². The molecule has 0 unspecified atom stereocenters. The largest absolute Gasteiger partial charge is 0.466 e. The lowest BCUT2D eigenvalue weighted by molar-refractivity contribution is -0.136. The molecule has 1 aromatic heterocycles. The molecular formula is C22H17ClN2O3S. The molecule has 1 atom stereocenters. The fourth-order valence-electron chi connectivity index (χ4n) is 3.38. The lowest BCUT2D eigenvalue weighted by atomic mass is 9.96.